The van der Waals surface area contributed by atoms with Gasteiger partial charge in [0.2, 0.25) is 0 Å². The third kappa shape index (κ3) is 7.64. The molecule has 0 aromatic carbocycles. The standard InChI is InChI=1S/C18H37NO/c1-5-15-19-17(13-14-18(2,3)20-4)12-11-16-9-7-6-8-10-16/h16-17,19H,5-15H2,1-4H3. The Bertz CT molecular complexity index is 234. The second-order valence-electron chi connectivity index (χ2n) is 7.23. The van der Waals surface area contributed by atoms with Crippen LogP contribution in [0.15, 0.2) is 0 Å². The maximum absolute atomic E-state index is 5.56. The summed E-state index contributed by atoms with van der Waals surface area (Å²) in [4.78, 5) is 0. The average molecular weight is 283 g/mol. The molecule has 1 saturated carbocycles. The summed E-state index contributed by atoms with van der Waals surface area (Å²) in [6.07, 6.45) is 13.8. The summed E-state index contributed by atoms with van der Waals surface area (Å²) in [6.45, 7) is 7.81. The van der Waals surface area contributed by atoms with Gasteiger partial charge in [-0.25, -0.2) is 0 Å². The molecule has 120 valence electrons. The van der Waals surface area contributed by atoms with E-state index >= 15 is 0 Å². The van der Waals surface area contributed by atoms with Crippen LogP contribution in [0.2, 0.25) is 0 Å². The van der Waals surface area contributed by atoms with Crippen LogP contribution in [0, 0.1) is 5.92 Å². The Morgan fingerprint density at radius 3 is 2.45 bits per heavy atom. The molecule has 0 spiro atoms. The molecule has 1 atom stereocenters. The van der Waals surface area contributed by atoms with Crippen molar-refractivity contribution < 1.29 is 4.74 Å². The molecule has 0 heterocycles. The highest BCUT2D eigenvalue weighted by Crippen LogP contribution is 2.28. The van der Waals surface area contributed by atoms with E-state index in [1.165, 1.54) is 57.8 Å². The van der Waals surface area contributed by atoms with Gasteiger partial charge in [-0.1, -0.05) is 39.0 Å². The quantitative estimate of drug-likeness (QED) is 0.614. The Morgan fingerprint density at radius 2 is 1.85 bits per heavy atom. The first-order chi connectivity index (χ1) is 9.57. The van der Waals surface area contributed by atoms with Crippen LogP contribution in [-0.4, -0.2) is 25.3 Å². The molecule has 0 amide bonds. The van der Waals surface area contributed by atoms with Gasteiger partial charge < -0.3 is 10.1 Å². The van der Waals surface area contributed by atoms with Gasteiger partial charge in [-0.05, 0) is 58.4 Å². The first kappa shape index (κ1) is 18.0. The van der Waals surface area contributed by atoms with Crippen LogP contribution in [0.25, 0.3) is 0 Å². The highest BCUT2D eigenvalue weighted by atomic mass is 16.5. The molecule has 0 radical (unpaired) electrons. The van der Waals surface area contributed by atoms with Gasteiger partial charge in [0.15, 0.2) is 0 Å². The van der Waals surface area contributed by atoms with Gasteiger partial charge >= 0.3 is 0 Å². The summed E-state index contributed by atoms with van der Waals surface area (Å²) >= 11 is 0. The number of nitrogens with one attached hydrogen (secondary N) is 1. The molecule has 0 aromatic heterocycles. The minimum Gasteiger partial charge on any atom is -0.379 e. The van der Waals surface area contributed by atoms with Crippen molar-refractivity contribution in [1.82, 2.24) is 5.32 Å². The Kier molecular flexibility index (Phi) is 8.79. The first-order valence-electron chi connectivity index (χ1n) is 8.86. The number of ether oxygens (including phenoxy) is 1. The molecule has 2 nitrogen and oxygen atoms in total. The van der Waals surface area contributed by atoms with Gasteiger partial charge in [-0.2, -0.15) is 0 Å². The Labute approximate surface area is 127 Å². The van der Waals surface area contributed by atoms with Crippen LogP contribution >= 0.6 is 0 Å². The second-order valence-corrected chi connectivity index (χ2v) is 7.23. The van der Waals surface area contributed by atoms with Gasteiger partial charge in [0.05, 0.1) is 5.60 Å². The van der Waals surface area contributed by atoms with Crippen molar-refractivity contribution in [2.45, 2.75) is 96.6 Å². The van der Waals surface area contributed by atoms with Crippen LogP contribution in [0.4, 0.5) is 0 Å². The fourth-order valence-electron chi connectivity index (χ4n) is 3.23. The van der Waals surface area contributed by atoms with Crippen molar-refractivity contribution in [2.75, 3.05) is 13.7 Å². The first-order valence-corrected chi connectivity index (χ1v) is 8.86. The highest BCUT2D eigenvalue weighted by molar-refractivity contribution is 4.76. The third-order valence-corrected chi connectivity index (χ3v) is 4.98. The molecule has 1 aliphatic carbocycles. The minimum absolute atomic E-state index is 0.0248. The summed E-state index contributed by atoms with van der Waals surface area (Å²) in [6, 6.07) is 0.686. The molecule has 0 aromatic rings. The molecular weight excluding hydrogens is 246 g/mol. The number of rotatable bonds is 10. The van der Waals surface area contributed by atoms with E-state index in [1.807, 2.05) is 7.11 Å². The topological polar surface area (TPSA) is 21.3 Å². The van der Waals surface area contributed by atoms with Crippen LogP contribution in [0.5, 0.6) is 0 Å². The maximum Gasteiger partial charge on any atom is 0.0623 e. The molecule has 0 saturated heterocycles. The lowest BCUT2D eigenvalue weighted by Crippen LogP contribution is -2.33. The summed E-state index contributed by atoms with van der Waals surface area (Å²) in [5, 5.41) is 3.75. The molecule has 1 aliphatic rings. The number of hydrogen-bond acceptors (Lipinski definition) is 2. The van der Waals surface area contributed by atoms with E-state index < -0.39 is 0 Å². The second kappa shape index (κ2) is 9.78. The van der Waals surface area contributed by atoms with E-state index in [9.17, 15) is 0 Å². The van der Waals surface area contributed by atoms with E-state index in [1.54, 1.807) is 0 Å². The lowest BCUT2D eigenvalue weighted by Gasteiger charge is -2.28. The summed E-state index contributed by atoms with van der Waals surface area (Å²) < 4.78 is 5.56. The summed E-state index contributed by atoms with van der Waals surface area (Å²) in [5.41, 5.74) is 0.0248. The maximum atomic E-state index is 5.56. The molecule has 1 fully saturated rings. The van der Waals surface area contributed by atoms with E-state index in [0.29, 0.717) is 6.04 Å². The molecule has 1 N–H and O–H groups in total. The predicted molar refractivity (Wildman–Crippen MR) is 88.2 cm³/mol. The molecular formula is C18H37NO. The van der Waals surface area contributed by atoms with Crippen molar-refractivity contribution in [3.63, 3.8) is 0 Å². The SMILES string of the molecule is CCCNC(CCC1CCCCC1)CCC(C)(C)OC. The Hall–Kier alpha value is -0.0800. The number of methoxy groups -OCH3 is 1. The Morgan fingerprint density at radius 1 is 1.15 bits per heavy atom. The zero-order valence-corrected chi connectivity index (χ0v) is 14.3. The summed E-state index contributed by atoms with van der Waals surface area (Å²) in [7, 11) is 1.83. The molecule has 0 bridgehead atoms. The molecule has 2 heteroatoms. The molecule has 1 unspecified atom stereocenters. The third-order valence-electron chi connectivity index (χ3n) is 4.98. The van der Waals surface area contributed by atoms with Crippen molar-refractivity contribution in [3.8, 4) is 0 Å². The summed E-state index contributed by atoms with van der Waals surface area (Å²) in [5.74, 6) is 1.00. The lowest BCUT2D eigenvalue weighted by molar-refractivity contribution is 0.0113. The van der Waals surface area contributed by atoms with Crippen LogP contribution in [0.1, 0.15) is 85.0 Å². The van der Waals surface area contributed by atoms with Crippen molar-refractivity contribution in [2.24, 2.45) is 5.92 Å². The van der Waals surface area contributed by atoms with Gasteiger partial charge in [0.1, 0.15) is 0 Å². The largest absolute Gasteiger partial charge is 0.379 e. The van der Waals surface area contributed by atoms with Crippen LogP contribution in [0.3, 0.4) is 0 Å². The fourth-order valence-corrected chi connectivity index (χ4v) is 3.23. The van der Waals surface area contributed by atoms with Crippen molar-refractivity contribution in [3.05, 3.63) is 0 Å². The average Bonchev–Trinajstić information content (AvgIpc) is 2.47. The van der Waals surface area contributed by atoms with Gasteiger partial charge in [0.25, 0.3) is 0 Å². The lowest BCUT2D eigenvalue weighted by atomic mass is 9.84. The molecule has 20 heavy (non-hydrogen) atoms. The van der Waals surface area contributed by atoms with Crippen molar-refractivity contribution in [1.29, 1.82) is 0 Å². The normalized spacial score (nSPS) is 19.2. The van der Waals surface area contributed by atoms with Gasteiger partial charge in [0, 0.05) is 13.2 Å². The van der Waals surface area contributed by atoms with Crippen LogP contribution in [-0.2, 0) is 4.74 Å². The van der Waals surface area contributed by atoms with E-state index in [-0.39, 0.29) is 5.60 Å². The molecule has 1 rings (SSSR count). The monoisotopic (exact) mass is 283 g/mol. The zero-order chi connectivity index (χ0) is 14.8. The van der Waals surface area contributed by atoms with E-state index in [4.69, 9.17) is 4.74 Å². The van der Waals surface area contributed by atoms with E-state index in [0.717, 1.165) is 18.9 Å². The molecule has 0 aliphatic heterocycles. The smallest absolute Gasteiger partial charge is 0.0623 e. The number of hydrogen-bond donors (Lipinski definition) is 1. The Balaban J connectivity index is 2.30. The van der Waals surface area contributed by atoms with Crippen molar-refractivity contribution >= 4 is 0 Å². The van der Waals surface area contributed by atoms with Gasteiger partial charge in [-0.3, -0.25) is 0 Å². The van der Waals surface area contributed by atoms with Gasteiger partial charge in [-0.15, -0.1) is 0 Å². The van der Waals surface area contributed by atoms with Crippen LogP contribution < -0.4 is 5.32 Å². The zero-order valence-electron chi connectivity index (χ0n) is 14.3. The van der Waals surface area contributed by atoms with E-state index in [2.05, 4.69) is 26.1 Å². The predicted octanol–water partition coefficient (Wildman–Crippen LogP) is 4.92. The minimum atomic E-state index is 0.0248. The highest BCUT2D eigenvalue weighted by Gasteiger charge is 2.20. The fraction of sp³-hybridized carbons (Fsp3) is 1.00.